The third kappa shape index (κ3) is 3.75. The summed E-state index contributed by atoms with van der Waals surface area (Å²) in [4.78, 5) is 17.6. The number of likely N-dealkylation sites (N-methyl/N-ethyl adjacent to an activating group) is 1. The van der Waals surface area contributed by atoms with Crippen molar-refractivity contribution in [1.82, 2.24) is 15.1 Å². The summed E-state index contributed by atoms with van der Waals surface area (Å²) in [5.74, 6) is 0.230. The molecule has 0 atom stereocenters. The zero-order valence-electron chi connectivity index (χ0n) is 14.3. The van der Waals surface area contributed by atoms with Crippen molar-refractivity contribution in [3.63, 3.8) is 0 Å². The first-order chi connectivity index (χ1) is 11.2. The molecule has 0 radical (unpaired) electrons. The second kappa shape index (κ2) is 7.45. The van der Waals surface area contributed by atoms with Crippen molar-refractivity contribution in [3.05, 3.63) is 35.9 Å². The van der Waals surface area contributed by atoms with Crippen LogP contribution in [-0.4, -0.2) is 62.0 Å². The average molecular weight is 315 g/mol. The molecular formula is C19H29N3O. The largest absolute Gasteiger partial charge is 0.355 e. The average Bonchev–Trinajstić information content (AvgIpc) is 2.53. The number of hydrogen-bond donors (Lipinski definition) is 1. The minimum Gasteiger partial charge on any atom is -0.355 e. The molecule has 1 aromatic rings. The Kier molecular flexibility index (Phi) is 5.34. The van der Waals surface area contributed by atoms with Crippen molar-refractivity contribution in [3.8, 4) is 0 Å². The monoisotopic (exact) mass is 315 g/mol. The molecule has 1 N–H and O–H groups in total. The van der Waals surface area contributed by atoms with Crippen LogP contribution in [0.4, 0.5) is 0 Å². The Morgan fingerprint density at radius 2 is 1.83 bits per heavy atom. The molecule has 0 spiro atoms. The lowest BCUT2D eigenvalue weighted by atomic mass is 9.64. The molecule has 1 aliphatic carbocycles. The van der Waals surface area contributed by atoms with Gasteiger partial charge in [0.15, 0.2) is 0 Å². The van der Waals surface area contributed by atoms with Gasteiger partial charge in [-0.2, -0.15) is 0 Å². The number of benzene rings is 1. The minimum absolute atomic E-state index is 0.230. The molecule has 0 aromatic heterocycles. The van der Waals surface area contributed by atoms with Gasteiger partial charge in [0.05, 0.1) is 5.41 Å². The first-order valence-corrected chi connectivity index (χ1v) is 8.95. The molecule has 1 aliphatic heterocycles. The second-order valence-electron chi connectivity index (χ2n) is 7.06. The topological polar surface area (TPSA) is 35.6 Å². The molecule has 23 heavy (non-hydrogen) atoms. The molecule has 0 unspecified atom stereocenters. The summed E-state index contributed by atoms with van der Waals surface area (Å²) in [6.45, 7) is 6.50. The van der Waals surface area contributed by atoms with E-state index in [1.165, 1.54) is 5.56 Å². The fraction of sp³-hybridized carbons (Fsp3) is 0.632. The Bertz CT molecular complexity index is 505. The third-order valence-electron chi connectivity index (χ3n) is 5.50. The summed E-state index contributed by atoms with van der Waals surface area (Å²) in [5.41, 5.74) is 0.928. The van der Waals surface area contributed by atoms with Gasteiger partial charge in [0, 0.05) is 32.7 Å². The number of nitrogens with one attached hydrogen (secondary N) is 1. The maximum Gasteiger partial charge on any atom is 0.230 e. The maximum absolute atomic E-state index is 12.7. The molecule has 0 bridgehead atoms. The maximum atomic E-state index is 12.7. The Hall–Kier alpha value is -1.39. The van der Waals surface area contributed by atoms with Gasteiger partial charge in [-0.3, -0.25) is 4.79 Å². The molecule has 1 heterocycles. The first kappa shape index (κ1) is 16.5. The Morgan fingerprint density at radius 3 is 2.43 bits per heavy atom. The van der Waals surface area contributed by atoms with Crippen LogP contribution in [0.25, 0.3) is 0 Å². The molecule has 126 valence electrons. The fourth-order valence-corrected chi connectivity index (χ4v) is 3.68. The highest BCUT2D eigenvalue weighted by molar-refractivity contribution is 5.89. The zero-order chi connectivity index (χ0) is 16.1. The van der Waals surface area contributed by atoms with Crippen LogP contribution in [0.2, 0.25) is 0 Å². The van der Waals surface area contributed by atoms with E-state index >= 15 is 0 Å². The predicted molar refractivity (Wildman–Crippen MR) is 93.5 cm³/mol. The van der Waals surface area contributed by atoms with Gasteiger partial charge < -0.3 is 15.1 Å². The van der Waals surface area contributed by atoms with E-state index in [0.29, 0.717) is 0 Å². The number of nitrogens with zero attached hydrogens (tertiary/aromatic N) is 2. The second-order valence-corrected chi connectivity index (χ2v) is 7.06. The van der Waals surface area contributed by atoms with Gasteiger partial charge in [0.1, 0.15) is 0 Å². The molecule has 1 aromatic carbocycles. The summed E-state index contributed by atoms with van der Waals surface area (Å²) in [5, 5.41) is 3.20. The smallest absolute Gasteiger partial charge is 0.230 e. The Balaban J connectivity index is 1.44. The van der Waals surface area contributed by atoms with Crippen molar-refractivity contribution in [2.75, 3.05) is 46.3 Å². The fourth-order valence-electron chi connectivity index (χ4n) is 3.68. The van der Waals surface area contributed by atoms with Gasteiger partial charge in [0.2, 0.25) is 5.91 Å². The van der Waals surface area contributed by atoms with E-state index in [0.717, 1.165) is 65.0 Å². The van der Waals surface area contributed by atoms with Crippen LogP contribution in [0.15, 0.2) is 30.3 Å². The molecule has 1 amide bonds. The summed E-state index contributed by atoms with van der Waals surface area (Å²) in [6, 6.07) is 10.3. The lowest BCUT2D eigenvalue weighted by molar-refractivity contribution is -0.129. The van der Waals surface area contributed by atoms with E-state index in [9.17, 15) is 4.79 Å². The Morgan fingerprint density at radius 1 is 1.13 bits per heavy atom. The molecule has 1 saturated carbocycles. The number of carbonyl (C=O) groups excluding carboxylic acids is 1. The van der Waals surface area contributed by atoms with Gasteiger partial charge in [-0.1, -0.05) is 36.8 Å². The van der Waals surface area contributed by atoms with Crippen LogP contribution < -0.4 is 5.32 Å². The van der Waals surface area contributed by atoms with Crippen molar-refractivity contribution >= 4 is 5.91 Å². The van der Waals surface area contributed by atoms with Gasteiger partial charge in [0.25, 0.3) is 0 Å². The van der Waals surface area contributed by atoms with E-state index in [-0.39, 0.29) is 11.3 Å². The molecule has 2 fully saturated rings. The van der Waals surface area contributed by atoms with Crippen LogP contribution in [-0.2, 0) is 10.2 Å². The lowest BCUT2D eigenvalue weighted by Gasteiger charge is -2.40. The Labute approximate surface area is 139 Å². The van der Waals surface area contributed by atoms with Crippen LogP contribution >= 0.6 is 0 Å². The lowest BCUT2D eigenvalue weighted by Crippen LogP contribution is -2.50. The highest BCUT2D eigenvalue weighted by Gasteiger charge is 2.45. The summed E-state index contributed by atoms with van der Waals surface area (Å²) in [6.07, 6.45) is 4.17. The summed E-state index contributed by atoms with van der Waals surface area (Å²) < 4.78 is 0. The molecular weight excluding hydrogens is 286 g/mol. The third-order valence-corrected chi connectivity index (χ3v) is 5.50. The van der Waals surface area contributed by atoms with Crippen molar-refractivity contribution in [2.45, 2.75) is 31.1 Å². The van der Waals surface area contributed by atoms with Crippen molar-refractivity contribution < 1.29 is 4.79 Å². The van der Waals surface area contributed by atoms with Crippen LogP contribution in [0.3, 0.4) is 0 Å². The van der Waals surface area contributed by atoms with Crippen LogP contribution in [0, 0.1) is 0 Å². The zero-order valence-corrected chi connectivity index (χ0v) is 14.3. The van der Waals surface area contributed by atoms with E-state index in [1.807, 2.05) is 18.2 Å². The minimum atomic E-state index is -0.255. The summed E-state index contributed by atoms with van der Waals surface area (Å²) in [7, 11) is 2.18. The van der Waals surface area contributed by atoms with Crippen LogP contribution in [0.5, 0.6) is 0 Å². The SMILES string of the molecule is CN1CCN(CCCNC(=O)C2(c3ccccc3)CCC2)CC1. The van der Waals surface area contributed by atoms with E-state index < -0.39 is 0 Å². The highest BCUT2D eigenvalue weighted by atomic mass is 16.2. The number of piperazine rings is 1. The number of carbonyl (C=O) groups is 1. The standard InChI is InChI=1S/C19H29N3O/c1-21-13-15-22(16-14-21)12-6-11-20-18(23)19(9-5-10-19)17-7-3-2-4-8-17/h2-4,7-8H,5-6,9-16H2,1H3,(H,20,23). The van der Waals surface area contributed by atoms with E-state index in [2.05, 4.69) is 34.3 Å². The van der Waals surface area contributed by atoms with Crippen molar-refractivity contribution in [1.29, 1.82) is 0 Å². The van der Waals surface area contributed by atoms with Gasteiger partial charge in [-0.25, -0.2) is 0 Å². The van der Waals surface area contributed by atoms with E-state index in [1.54, 1.807) is 0 Å². The number of rotatable bonds is 6. The quantitative estimate of drug-likeness (QED) is 0.814. The highest BCUT2D eigenvalue weighted by Crippen LogP contribution is 2.43. The van der Waals surface area contributed by atoms with Gasteiger partial charge in [-0.05, 0) is 38.4 Å². The number of amides is 1. The van der Waals surface area contributed by atoms with E-state index in [4.69, 9.17) is 0 Å². The van der Waals surface area contributed by atoms with Crippen LogP contribution in [0.1, 0.15) is 31.2 Å². The summed E-state index contributed by atoms with van der Waals surface area (Å²) >= 11 is 0. The molecule has 2 aliphatic rings. The predicted octanol–water partition coefficient (Wildman–Crippen LogP) is 1.86. The van der Waals surface area contributed by atoms with Gasteiger partial charge in [-0.15, -0.1) is 0 Å². The van der Waals surface area contributed by atoms with Gasteiger partial charge >= 0.3 is 0 Å². The molecule has 1 saturated heterocycles. The molecule has 4 nitrogen and oxygen atoms in total. The normalized spacial score (nSPS) is 21.6. The molecule has 3 rings (SSSR count). The first-order valence-electron chi connectivity index (χ1n) is 8.95. The number of hydrogen-bond acceptors (Lipinski definition) is 3. The molecule has 4 heteroatoms. The van der Waals surface area contributed by atoms with Crippen molar-refractivity contribution in [2.24, 2.45) is 0 Å².